The maximum absolute atomic E-state index is 11.1. The molecule has 0 aliphatic heterocycles. The molecule has 0 aromatic rings. The van der Waals surface area contributed by atoms with Gasteiger partial charge in [-0.15, -0.1) is 0 Å². The van der Waals surface area contributed by atoms with Crippen LogP contribution in [0.3, 0.4) is 0 Å². The molecule has 12 heavy (non-hydrogen) atoms. The van der Waals surface area contributed by atoms with Crippen molar-refractivity contribution in [2.45, 2.75) is 46.3 Å². The van der Waals surface area contributed by atoms with Crippen LogP contribution in [0.25, 0.3) is 0 Å². The minimum Gasteiger partial charge on any atom is -0.458 e. The van der Waals surface area contributed by atoms with E-state index in [1.54, 1.807) is 34.6 Å². The van der Waals surface area contributed by atoms with E-state index in [-0.39, 0.29) is 5.92 Å². The van der Waals surface area contributed by atoms with Gasteiger partial charge in [0.05, 0.1) is 0 Å². The number of carbonyl (C=O) groups excluding carboxylic acids is 1. The summed E-state index contributed by atoms with van der Waals surface area (Å²) in [5.41, 5.74) is -0.521. The van der Waals surface area contributed by atoms with Crippen LogP contribution in [-0.2, 0) is 9.53 Å². The molecule has 0 radical (unpaired) electrons. The first-order chi connectivity index (χ1) is 5.24. The maximum Gasteiger partial charge on any atom is 0.335 e. The van der Waals surface area contributed by atoms with Crippen molar-refractivity contribution in [2.75, 3.05) is 0 Å². The molecule has 1 N–H and O–H groups in total. The van der Waals surface area contributed by atoms with Gasteiger partial charge in [-0.2, -0.15) is 0 Å². The molecule has 3 nitrogen and oxygen atoms in total. The second-order valence-corrected chi connectivity index (χ2v) is 4.22. The summed E-state index contributed by atoms with van der Waals surface area (Å²) in [7, 11) is 0. The second-order valence-electron chi connectivity index (χ2n) is 4.22. The zero-order chi connectivity index (χ0) is 9.94. The number of aliphatic hydroxyl groups excluding tert-OH is 1. The Bertz CT molecular complexity index is 156. The van der Waals surface area contributed by atoms with Crippen LogP contribution in [0.2, 0.25) is 0 Å². The molecule has 0 spiro atoms. The van der Waals surface area contributed by atoms with Crippen LogP contribution in [0, 0.1) is 5.92 Å². The summed E-state index contributed by atoms with van der Waals surface area (Å²) in [4.78, 5) is 11.1. The van der Waals surface area contributed by atoms with Gasteiger partial charge in [0.15, 0.2) is 6.10 Å². The summed E-state index contributed by atoms with van der Waals surface area (Å²) in [6, 6.07) is 0. The molecule has 0 saturated heterocycles. The monoisotopic (exact) mass is 174 g/mol. The Morgan fingerprint density at radius 1 is 1.33 bits per heavy atom. The lowest BCUT2D eigenvalue weighted by atomic mass is 10.1. The lowest BCUT2D eigenvalue weighted by Crippen LogP contribution is -2.34. The third-order valence-electron chi connectivity index (χ3n) is 1.28. The van der Waals surface area contributed by atoms with Gasteiger partial charge in [0.2, 0.25) is 0 Å². The predicted octanol–water partition coefficient (Wildman–Crippen LogP) is 1.34. The average molecular weight is 174 g/mol. The minimum absolute atomic E-state index is 0.0974. The fraction of sp³-hybridized carbons (Fsp3) is 0.889. The van der Waals surface area contributed by atoms with E-state index in [2.05, 4.69) is 0 Å². The van der Waals surface area contributed by atoms with Crippen molar-refractivity contribution < 1.29 is 14.6 Å². The molecule has 0 aromatic carbocycles. The number of esters is 1. The normalized spacial score (nSPS) is 14.6. The lowest BCUT2D eigenvalue weighted by molar-refractivity contribution is -0.167. The largest absolute Gasteiger partial charge is 0.458 e. The minimum atomic E-state index is -1.01. The van der Waals surface area contributed by atoms with Gasteiger partial charge in [-0.25, -0.2) is 4.79 Å². The summed E-state index contributed by atoms with van der Waals surface area (Å²) in [6.45, 7) is 8.87. The van der Waals surface area contributed by atoms with E-state index in [0.29, 0.717) is 0 Å². The Hall–Kier alpha value is -0.570. The summed E-state index contributed by atoms with van der Waals surface area (Å²) < 4.78 is 4.97. The van der Waals surface area contributed by atoms with Gasteiger partial charge >= 0.3 is 5.97 Å². The van der Waals surface area contributed by atoms with Crippen molar-refractivity contribution in [3.8, 4) is 0 Å². The highest BCUT2D eigenvalue weighted by Crippen LogP contribution is 2.11. The smallest absolute Gasteiger partial charge is 0.335 e. The Labute approximate surface area is 73.7 Å². The molecule has 0 fully saturated rings. The number of hydrogen-bond donors (Lipinski definition) is 1. The summed E-state index contributed by atoms with van der Waals surface area (Å²) in [6.07, 6.45) is -1.01. The molecule has 0 unspecified atom stereocenters. The second kappa shape index (κ2) is 3.90. The topological polar surface area (TPSA) is 46.5 Å². The van der Waals surface area contributed by atoms with Gasteiger partial charge < -0.3 is 9.84 Å². The van der Waals surface area contributed by atoms with Gasteiger partial charge in [0, 0.05) is 0 Å². The molecule has 3 heteroatoms. The van der Waals surface area contributed by atoms with Crippen LogP contribution in [0.4, 0.5) is 0 Å². The molecule has 0 amide bonds. The van der Waals surface area contributed by atoms with Crippen LogP contribution in [-0.4, -0.2) is 22.8 Å². The Kier molecular flexibility index (Phi) is 3.71. The van der Waals surface area contributed by atoms with Crippen molar-refractivity contribution in [3.63, 3.8) is 0 Å². The Morgan fingerprint density at radius 3 is 2.00 bits per heavy atom. The van der Waals surface area contributed by atoms with E-state index in [1.165, 1.54) is 0 Å². The quantitative estimate of drug-likeness (QED) is 0.643. The standard InChI is InChI=1S/C9H18O3/c1-6(2)7(10)8(11)12-9(3,4)5/h6-7,10H,1-5H3/t7-/m1/s1. The zero-order valence-electron chi connectivity index (χ0n) is 8.42. The molecular weight excluding hydrogens is 156 g/mol. The van der Waals surface area contributed by atoms with E-state index in [9.17, 15) is 9.90 Å². The Morgan fingerprint density at radius 2 is 1.75 bits per heavy atom. The highest BCUT2D eigenvalue weighted by Gasteiger charge is 2.25. The first-order valence-corrected chi connectivity index (χ1v) is 4.15. The number of rotatable bonds is 2. The first kappa shape index (κ1) is 11.4. The van der Waals surface area contributed by atoms with E-state index in [4.69, 9.17) is 4.74 Å². The number of aliphatic hydroxyl groups is 1. The van der Waals surface area contributed by atoms with E-state index in [0.717, 1.165) is 0 Å². The summed E-state index contributed by atoms with van der Waals surface area (Å²) in [5.74, 6) is -0.641. The maximum atomic E-state index is 11.1. The van der Waals surface area contributed by atoms with Gasteiger partial charge in [-0.05, 0) is 26.7 Å². The zero-order valence-corrected chi connectivity index (χ0v) is 8.42. The molecule has 0 heterocycles. The highest BCUT2D eigenvalue weighted by atomic mass is 16.6. The predicted molar refractivity (Wildman–Crippen MR) is 46.7 cm³/mol. The van der Waals surface area contributed by atoms with E-state index >= 15 is 0 Å². The summed E-state index contributed by atoms with van der Waals surface area (Å²) in [5, 5.41) is 9.28. The molecular formula is C9H18O3. The summed E-state index contributed by atoms with van der Waals surface area (Å²) >= 11 is 0. The highest BCUT2D eigenvalue weighted by molar-refractivity contribution is 5.75. The third-order valence-corrected chi connectivity index (χ3v) is 1.28. The SMILES string of the molecule is CC(C)[C@@H](O)C(=O)OC(C)(C)C. The van der Waals surface area contributed by atoms with Crippen LogP contribution in [0.1, 0.15) is 34.6 Å². The number of ether oxygens (including phenoxy) is 1. The molecule has 0 rings (SSSR count). The lowest BCUT2D eigenvalue weighted by Gasteiger charge is -2.22. The molecule has 1 atom stereocenters. The molecule has 0 aromatic heterocycles. The third kappa shape index (κ3) is 4.34. The fourth-order valence-electron chi connectivity index (χ4n) is 0.634. The number of carbonyl (C=O) groups is 1. The van der Waals surface area contributed by atoms with E-state index in [1.807, 2.05) is 0 Å². The van der Waals surface area contributed by atoms with Crippen LogP contribution in [0.15, 0.2) is 0 Å². The number of hydrogen-bond acceptors (Lipinski definition) is 3. The van der Waals surface area contributed by atoms with Crippen molar-refractivity contribution in [2.24, 2.45) is 5.92 Å². The van der Waals surface area contributed by atoms with Crippen molar-refractivity contribution in [3.05, 3.63) is 0 Å². The van der Waals surface area contributed by atoms with Gasteiger partial charge in [0.1, 0.15) is 5.60 Å². The molecule has 72 valence electrons. The van der Waals surface area contributed by atoms with Gasteiger partial charge in [-0.1, -0.05) is 13.8 Å². The van der Waals surface area contributed by atoms with Crippen LogP contribution in [0.5, 0.6) is 0 Å². The average Bonchev–Trinajstić information content (AvgIpc) is 1.82. The van der Waals surface area contributed by atoms with Crippen LogP contribution >= 0.6 is 0 Å². The molecule has 0 bridgehead atoms. The van der Waals surface area contributed by atoms with Gasteiger partial charge in [-0.3, -0.25) is 0 Å². The van der Waals surface area contributed by atoms with Crippen molar-refractivity contribution in [1.29, 1.82) is 0 Å². The molecule has 0 saturated carbocycles. The molecule has 0 aliphatic carbocycles. The van der Waals surface area contributed by atoms with Crippen molar-refractivity contribution >= 4 is 5.97 Å². The van der Waals surface area contributed by atoms with Gasteiger partial charge in [0.25, 0.3) is 0 Å². The fourth-order valence-corrected chi connectivity index (χ4v) is 0.634. The van der Waals surface area contributed by atoms with Crippen LogP contribution < -0.4 is 0 Å². The van der Waals surface area contributed by atoms with E-state index < -0.39 is 17.7 Å². The Balaban J connectivity index is 4.05. The first-order valence-electron chi connectivity index (χ1n) is 4.15. The molecule has 0 aliphatic rings. The van der Waals surface area contributed by atoms with Crippen molar-refractivity contribution in [1.82, 2.24) is 0 Å².